The maximum atomic E-state index is 13.7. The minimum atomic E-state index is -0.408. The topological polar surface area (TPSA) is 70.1 Å². The van der Waals surface area contributed by atoms with Crippen LogP contribution in [0, 0.1) is 17.1 Å². The van der Waals surface area contributed by atoms with E-state index in [1.54, 1.807) is 7.05 Å². The second-order valence-corrected chi connectivity index (χ2v) is 5.56. The van der Waals surface area contributed by atoms with Crippen LogP contribution in [0.3, 0.4) is 0 Å². The normalized spacial score (nSPS) is 16.1. The molecule has 1 saturated carbocycles. The van der Waals surface area contributed by atoms with Gasteiger partial charge < -0.3 is 10.6 Å². The molecule has 1 aromatic rings. The van der Waals surface area contributed by atoms with Gasteiger partial charge in [-0.25, -0.2) is 4.39 Å². The number of halogens is 1. The highest BCUT2D eigenvalue weighted by Gasteiger charge is 2.35. The van der Waals surface area contributed by atoms with Crippen molar-refractivity contribution in [3.8, 4) is 6.07 Å². The molecule has 0 saturated heterocycles. The van der Waals surface area contributed by atoms with Crippen LogP contribution in [0.25, 0.3) is 0 Å². The molecule has 1 aliphatic rings. The number of rotatable bonds is 4. The molecule has 0 atom stereocenters. The fourth-order valence-electron chi connectivity index (χ4n) is 2.35. The number of carbonyl (C=O) groups is 1. The molecule has 0 bridgehead atoms. The fourth-order valence-corrected chi connectivity index (χ4v) is 2.35. The highest BCUT2D eigenvalue weighted by Crippen LogP contribution is 2.32. The Hall–Kier alpha value is -1.93. The average molecular weight is 275 g/mol. The SMILES string of the molecule is CN(Cc1cc(C#N)ccc1F)C(=O)CC1(N)CCC1. The number of hydrogen-bond donors (Lipinski definition) is 1. The Morgan fingerprint density at radius 1 is 1.55 bits per heavy atom. The molecular formula is C15H18FN3O. The summed E-state index contributed by atoms with van der Waals surface area (Å²) in [5, 5.41) is 8.82. The number of benzene rings is 1. The van der Waals surface area contributed by atoms with E-state index in [2.05, 4.69) is 0 Å². The average Bonchev–Trinajstić information content (AvgIpc) is 2.39. The van der Waals surface area contributed by atoms with Crippen molar-refractivity contribution in [3.05, 3.63) is 35.1 Å². The van der Waals surface area contributed by atoms with Crippen molar-refractivity contribution in [2.45, 2.75) is 37.8 Å². The number of nitrogens with two attached hydrogens (primary N) is 1. The van der Waals surface area contributed by atoms with E-state index in [0.29, 0.717) is 17.5 Å². The van der Waals surface area contributed by atoms with Crippen molar-refractivity contribution in [1.82, 2.24) is 4.90 Å². The first-order valence-electron chi connectivity index (χ1n) is 6.65. The Morgan fingerprint density at radius 3 is 2.80 bits per heavy atom. The Bertz CT molecular complexity index is 561. The standard InChI is InChI=1S/C15H18FN3O/c1-19(14(20)8-15(18)5-2-6-15)10-12-7-11(9-17)3-4-13(12)16/h3-4,7H,2,5-6,8,10,18H2,1H3. The molecule has 1 aromatic carbocycles. The molecule has 0 radical (unpaired) electrons. The van der Waals surface area contributed by atoms with E-state index in [1.807, 2.05) is 6.07 Å². The van der Waals surface area contributed by atoms with Crippen LogP contribution in [-0.4, -0.2) is 23.4 Å². The van der Waals surface area contributed by atoms with Gasteiger partial charge in [-0.3, -0.25) is 4.79 Å². The Labute approximate surface area is 118 Å². The lowest BCUT2D eigenvalue weighted by Gasteiger charge is -2.38. The van der Waals surface area contributed by atoms with Gasteiger partial charge in [0.25, 0.3) is 0 Å². The summed E-state index contributed by atoms with van der Waals surface area (Å²) in [7, 11) is 1.63. The minimum absolute atomic E-state index is 0.0889. The molecule has 4 nitrogen and oxygen atoms in total. The number of hydrogen-bond acceptors (Lipinski definition) is 3. The van der Waals surface area contributed by atoms with Crippen molar-refractivity contribution in [1.29, 1.82) is 5.26 Å². The van der Waals surface area contributed by atoms with Crippen LogP contribution in [0.4, 0.5) is 4.39 Å². The van der Waals surface area contributed by atoms with Crippen LogP contribution >= 0.6 is 0 Å². The summed E-state index contributed by atoms with van der Waals surface area (Å²) >= 11 is 0. The molecule has 106 valence electrons. The van der Waals surface area contributed by atoms with E-state index in [4.69, 9.17) is 11.0 Å². The zero-order valence-corrected chi connectivity index (χ0v) is 11.5. The summed E-state index contributed by atoms with van der Waals surface area (Å²) in [6, 6.07) is 6.11. The quantitative estimate of drug-likeness (QED) is 0.912. The van der Waals surface area contributed by atoms with E-state index in [9.17, 15) is 9.18 Å². The van der Waals surface area contributed by atoms with Crippen LogP contribution in [0.1, 0.15) is 36.8 Å². The lowest BCUT2D eigenvalue weighted by molar-refractivity contribution is -0.132. The first kappa shape index (κ1) is 14.5. The molecule has 2 N–H and O–H groups in total. The Balaban J connectivity index is 2.02. The molecule has 5 heteroatoms. The van der Waals surface area contributed by atoms with Gasteiger partial charge in [-0.15, -0.1) is 0 Å². The molecular weight excluding hydrogens is 257 g/mol. The zero-order valence-electron chi connectivity index (χ0n) is 11.5. The van der Waals surface area contributed by atoms with E-state index >= 15 is 0 Å². The third kappa shape index (κ3) is 3.14. The van der Waals surface area contributed by atoms with Gasteiger partial charge in [-0.1, -0.05) is 0 Å². The van der Waals surface area contributed by atoms with Gasteiger partial charge in [0.2, 0.25) is 5.91 Å². The van der Waals surface area contributed by atoms with Crippen molar-refractivity contribution in [2.24, 2.45) is 5.73 Å². The summed E-state index contributed by atoms with van der Waals surface area (Å²) in [5.41, 5.74) is 6.40. The lowest BCUT2D eigenvalue weighted by Crippen LogP contribution is -2.50. The van der Waals surface area contributed by atoms with Crippen LogP contribution in [0.2, 0.25) is 0 Å². The maximum absolute atomic E-state index is 13.7. The molecule has 1 amide bonds. The highest BCUT2D eigenvalue weighted by molar-refractivity contribution is 5.77. The largest absolute Gasteiger partial charge is 0.341 e. The number of nitrogens with zero attached hydrogens (tertiary/aromatic N) is 2. The molecule has 1 fully saturated rings. The third-order valence-electron chi connectivity index (χ3n) is 3.86. The molecule has 20 heavy (non-hydrogen) atoms. The van der Waals surface area contributed by atoms with Crippen molar-refractivity contribution < 1.29 is 9.18 Å². The minimum Gasteiger partial charge on any atom is -0.341 e. The monoisotopic (exact) mass is 275 g/mol. The summed E-state index contributed by atoms with van der Waals surface area (Å²) in [5.74, 6) is -0.497. The summed E-state index contributed by atoms with van der Waals surface area (Å²) in [4.78, 5) is 13.5. The maximum Gasteiger partial charge on any atom is 0.224 e. The molecule has 0 aliphatic heterocycles. The Kier molecular flexibility index (Phi) is 4.05. The van der Waals surface area contributed by atoms with Crippen LogP contribution in [-0.2, 0) is 11.3 Å². The molecule has 1 aliphatic carbocycles. The van der Waals surface area contributed by atoms with Crippen molar-refractivity contribution in [2.75, 3.05) is 7.05 Å². The molecule has 0 unspecified atom stereocenters. The van der Waals surface area contributed by atoms with E-state index in [0.717, 1.165) is 19.3 Å². The van der Waals surface area contributed by atoms with Crippen LogP contribution in [0.5, 0.6) is 0 Å². The van der Waals surface area contributed by atoms with Gasteiger partial charge in [0.05, 0.1) is 11.6 Å². The van der Waals surface area contributed by atoms with Crippen LogP contribution in [0.15, 0.2) is 18.2 Å². The van der Waals surface area contributed by atoms with Gasteiger partial charge >= 0.3 is 0 Å². The summed E-state index contributed by atoms with van der Waals surface area (Å²) < 4.78 is 13.7. The third-order valence-corrected chi connectivity index (χ3v) is 3.86. The second-order valence-electron chi connectivity index (χ2n) is 5.56. The molecule has 2 rings (SSSR count). The summed E-state index contributed by atoms with van der Waals surface area (Å²) in [6.45, 7) is 0.149. The van der Waals surface area contributed by atoms with Gasteiger partial charge in [0.15, 0.2) is 0 Å². The zero-order chi connectivity index (χ0) is 14.8. The van der Waals surface area contributed by atoms with Gasteiger partial charge in [0, 0.05) is 31.1 Å². The smallest absolute Gasteiger partial charge is 0.224 e. The highest BCUT2D eigenvalue weighted by atomic mass is 19.1. The summed E-state index contributed by atoms with van der Waals surface area (Å²) in [6.07, 6.45) is 3.09. The van der Waals surface area contributed by atoms with Crippen molar-refractivity contribution >= 4 is 5.91 Å². The van der Waals surface area contributed by atoms with E-state index in [-0.39, 0.29) is 18.0 Å². The van der Waals surface area contributed by atoms with Gasteiger partial charge in [-0.2, -0.15) is 5.26 Å². The predicted octanol–water partition coefficient (Wildman–Crippen LogP) is 1.93. The molecule has 0 spiro atoms. The van der Waals surface area contributed by atoms with Gasteiger partial charge in [-0.05, 0) is 37.5 Å². The fraction of sp³-hybridized carbons (Fsp3) is 0.467. The van der Waals surface area contributed by atoms with Crippen LogP contribution < -0.4 is 5.73 Å². The first-order chi connectivity index (χ1) is 9.43. The van der Waals surface area contributed by atoms with Gasteiger partial charge in [0.1, 0.15) is 5.82 Å². The number of amides is 1. The lowest BCUT2D eigenvalue weighted by atomic mass is 9.75. The number of carbonyl (C=O) groups excluding carboxylic acids is 1. The van der Waals surface area contributed by atoms with Crippen molar-refractivity contribution in [3.63, 3.8) is 0 Å². The molecule has 0 heterocycles. The first-order valence-corrected chi connectivity index (χ1v) is 6.65. The molecule has 0 aromatic heterocycles. The predicted molar refractivity (Wildman–Crippen MR) is 73.0 cm³/mol. The van der Waals surface area contributed by atoms with E-state index < -0.39 is 5.82 Å². The Morgan fingerprint density at radius 2 is 2.25 bits per heavy atom. The second kappa shape index (κ2) is 5.59. The van der Waals surface area contributed by atoms with E-state index in [1.165, 1.54) is 23.1 Å². The number of nitriles is 1.